The molecule has 0 bridgehead atoms. The number of para-hydroxylation sites is 1. The summed E-state index contributed by atoms with van der Waals surface area (Å²) in [5.41, 5.74) is 5.62. The molecular formula is C23H31N5O. The van der Waals surface area contributed by atoms with Crippen molar-refractivity contribution in [1.82, 2.24) is 24.3 Å². The predicted octanol–water partition coefficient (Wildman–Crippen LogP) is 3.24. The zero-order valence-electron chi connectivity index (χ0n) is 18.1. The maximum atomic E-state index is 13.5. The predicted molar refractivity (Wildman–Crippen MR) is 116 cm³/mol. The molecule has 1 unspecified atom stereocenters. The Bertz CT molecular complexity index is 1040. The number of hydrogen-bond donors (Lipinski definition) is 1. The maximum absolute atomic E-state index is 13.5. The van der Waals surface area contributed by atoms with E-state index in [2.05, 4.69) is 54.0 Å². The summed E-state index contributed by atoms with van der Waals surface area (Å²) >= 11 is 0. The molecule has 0 radical (unpaired) electrons. The van der Waals surface area contributed by atoms with Crippen molar-refractivity contribution in [2.24, 2.45) is 5.92 Å². The molecule has 1 N–H and O–H groups in total. The van der Waals surface area contributed by atoms with E-state index in [1.54, 1.807) is 0 Å². The number of hydrogen-bond acceptors (Lipinski definition) is 4. The third kappa shape index (κ3) is 3.74. The largest absolute Gasteiger partial charge is 0.345 e. The van der Waals surface area contributed by atoms with Crippen molar-refractivity contribution in [3.8, 4) is 0 Å². The molecule has 1 atom stereocenters. The summed E-state index contributed by atoms with van der Waals surface area (Å²) in [6.07, 6.45) is 2.51. The minimum absolute atomic E-state index is 0.0280. The number of benzene rings is 1. The average molecular weight is 394 g/mol. The molecule has 6 heteroatoms. The van der Waals surface area contributed by atoms with Crippen LogP contribution in [0.5, 0.6) is 0 Å². The highest BCUT2D eigenvalue weighted by Crippen LogP contribution is 2.34. The summed E-state index contributed by atoms with van der Waals surface area (Å²) in [5.74, 6) is 1.15. The van der Waals surface area contributed by atoms with Gasteiger partial charge in [0.05, 0.1) is 17.8 Å². The molecule has 0 spiro atoms. The minimum Gasteiger partial charge on any atom is -0.345 e. The molecule has 0 aliphatic carbocycles. The van der Waals surface area contributed by atoms with E-state index in [1.165, 1.54) is 16.6 Å². The topological polar surface area (TPSA) is 57.2 Å². The zero-order valence-corrected chi connectivity index (χ0v) is 18.1. The van der Waals surface area contributed by atoms with Gasteiger partial charge in [-0.25, -0.2) is 4.98 Å². The zero-order chi connectivity index (χ0) is 20.7. The van der Waals surface area contributed by atoms with Crippen molar-refractivity contribution in [2.75, 3.05) is 28.2 Å². The second kappa shape index (κ2) is 7.76. The first-order chi connectivity index (χ1) is 13.8. The van der Waals surface area contributed by atoms with Crippen LogP contribution in [0.4, 0.5) is 0 Å². The van der Waals surface area contributed by atoms with Gasteiger partial charge < -0.3 is 14.8 Å². The number of aromatic amines is 1. The molecule has 4 rings (SSSR count). The molecule has 2 aromatic heterocycles. The second-order valence-corrected chi connectivity index (χ2v) is 8.79. The van der Waals surface area contributed by atoms with Gasteiger partial charge in [-0.05, 0) is 59.6 Å². The number of carbonyl (C=O) groups excluding carboxylic acids is 1. The van der Waals surface area contributed by atoms with Crippen LogP contribution in [0.2, 0.25) is 0 Å². The first-order valence-corrected chi connectivity index (χ1v) is 10.3. The smallest absolute Gasteiger partial charge is 0.234 e. The Morgan fingerprint density at radius 3 is 2.59 bits per heavy atom. The molecule has 1 aliphatic rings. The van der Waals surface area contributed by atoms with Gasteiger partial charge in [0.25, 0.3) is 0 Å². The van der Waals surface area contributed by atoms with Crippen molar-refractivity contribution in [3.63, 3.8) is 0 Å². The summed E-state index contributed by atoms with van der Waals surface area (Å²) in [7, 11) is 8.23. The van der Waals surface area contributed by atoms with E-state index in [4.69, 9.17) is 4.98 Å². The fraction of sp³-hybridized carbons (Fsp3) is 0.478. The molecule has 1 aliphatic heterocycles. The first-order valence-electron chi connectivity index (χ1n) is 10.3. The lowest BCUT2D eigenvalue weighted by Crippen LogP contribution is -2.31. The molecule has 154 valence electrons. The first kappa shape index (κ1) is 19.9. The van der Waals surface area contributed by atoms with Gasteiger partial charge in [0, 0.05) is 35.7 Å². The highest BCUT2D eigenvalue weighted by molar-refractivity contribution is 5.97. The lowest BCUT2D eigenvalue weighted by molar-refractivity contribution is 0.0807. The summed E-state index contributed by atoms with van der Waals surface area (Å²) in [4.78, 5) is 26.0. The third-order valence-corrected chi connectivity index (χ3v) is 5.80. The van der Waals surface area contributed by atoms with Gasteiger partial charge in [0.15, 0.2) is 0 Å². The number of carbonyl (C=O) groups is 1. The van der Waals surface area contributed by atoms with Gasteiger partial charge in [0.1, 0.15) is 5.82 Å². The van der Waals surface area contributed by atoms with E-state index in [1.807, 2.05) is 24.7 Å². The van der Waals surface area contributed by atoms with Crippen LogP contribution in [0.15, 0.2) is 24.3 Å². The Morgan fingerprint density at radius 1 is 1.14 bits per heavy atom. The summed E-state index contributed by atoms with van der Waals surface area (Å²) in [6.45, 7) is 3.69. The van der Waals surface area contributed by atoms with Gasteiger partial charge in [-0.15, -0.1) is 0 Å². The number of nitrogens with zero attached hydrogens (tertiary/aromatic N) is 4. The van der Waals surface area contributed by atoms with Gasteiger partial charge in [-0.3, -0.25) is 9.36 Å². The normalized spacial score (nSPS) is 16.9. The Balaban J connectivity index is 1.66. The third-order valence-electron chi connectivity index (χ3n) is 5.80. The standard InChI is InChI=1S/C23H31N5O/c1-15-19(25-22(24-15)14-27(4)5)12-16-10-11-21-18(13-26(2)3)17-8-6-7-9-20(17)28(21)23(16)29/h6-9,16H,10-14H2,1-5H3,(H,24,25). The van der Waals surface area contributed by atoms with Crippen LogP contribution in [-0.4, -0.2) is 58.4 Å². The van der Waals surface area contributed by atoms with Gasteiger partial charge >= 0.3 is 0 Å². The Hall–Kier alpha value is -2.44. The number of rotatable bonds is 6. The number of aromatic nitrogens is 3. The van der Waals surface area contributed by atoms with E-state index in [0.29, 0.717) is 6.42 Å². The van der Waals surface area contributed by atoms with Crippen LogP contribution in [0.1, 0.15) is 39.7 Å². The number of fused-ring (bicyclic) bond motifs is 3. The molecule has 0 saturated heterocycles. The number of aryl methyl sites for hydroxylation is 1. The quantitative estimate of drug-likeness (QED) is 0.699. The van der Waals surface area contributed by atoms with Crippen molar-refractivity contribution in [2.45, 2.75) is 39.3 Å². The highest BCUT2D eigenvalue weighted by atomic mass is 16.2. The summed E-state index contributed by atoms with van der Waals surface area (Å²) in [6, 6.07) is 8.31. The van der Waals surface area contributed by atoms with E-state index in [-0.39, 0.29) is 11.8 Å². The van der Waals surface area contributed by atoms with Crippen LogP contribution < -0.4 is 0 Å². The van der Waals surface area contributed by atoms with Crippen LogP contribution in [0, 0.1) is 12.8 Å². The fourth-order valence-corrected chi connectivity index (χ4v) is 4.54. The maximum Gasteiger partial charge on any atom is 0.234 e. The van der Waals surface area contributed by atoms with Crippen LogP contribution >= 0.6 is 0 Å². The van der Waals surface area contributed by atoms with Crippen LogP contribution in [-0.2, 0) is 25.9 Å². The Morgan fingerprint density at radius 2 is 1.86 bits per heavy atom. The lowest BCUT2D eigenvalue weighted by atomic mass is 9.91. The molecule has 0 amide bonds. The molecule has 3 aromatic rings. The SMILES string of the molecule is Cc1[nH]c(CN(C)C)nc1CC1CCc2c(CN(C)C)c3ccccc3n2C1=O. The Kier molecular flexibility index (Phi) is 5.32. The molecule has 0 saturated carbocycles. The van der Waals surface area contributed by atoms with Crippen LogP contribution in [0.3, 0.4) is 0 Å². The van der Waals surface area contributed by atoms with E-state index in [0.717, 1.165) is 48.7 Å². The second-order valence-electron chi connectivity index (χ2n) is 8.79. The number of H-pyrrole nitrogens is 1. The van der Waals surface area contributed by atoms with Crippen molar-refractivity contribution in [3.05, 3.63) is 52.7 Å². The lowest BCUT2D eigenvalue weighted by Gasteiger charge is -2.24. The molecule has 1 aromatic carbocycles. The number of imidazole rings is 1. The minimum atomic E-state index is -0.0280. The van der Waals surface area contributed by atoms with Gasteiger partial charge in [0.2, 0.25) is 5.91 Å². The number of nitrogens with one attached hydrogen (secondary N) is 1. The summed E-state index contributed by atoms with van der Waals surface area (Å²) < 4.78 is 1.99. The molecule has 3 heterocycles. The van der Waals surface area contributed by atoms with E-state index >= 15 is 0 Å². The summed E-state index contributed by atoms with van der Waals surface area (Å²) in [5, 5.41) is 1.20. The van der Waals surface area contributed by atoms with E-state index in [9.17, 15) is 4.79 Å². The van der Waals surface area contributed by atoms with Crippen molar-refractivity contribution < 1.29 is 4.79 Å². The molecule has 29 heavy (non-hydrogen) atoms. The van der Waals surface area contributed by atoms with Crippen LogP contribution in [0.25, 0.3) is 10.9 Å². The monoisotopic (exact) mass is 393 g/mol. The van der Waals surface area contributed by atoms with Crippen molar-refractivity contribution >= 4 is 16.8 Å². The molecule has 6 nitrogen and oxygen atoms in total. The van der Waals surface area contributed by atoms with E-state index < -0.39 is 0 Å². The molecule has 0 fully saturated rings. The van der Waals surface area contributed by atoms with Gasteiger partial charge in [-0.2, -0.15) is 0 Å². The van der Waals surface area contributed by atoms with Crippen molar-refractivity contribution in [1.29, 1.82) is 0 Å². The fourth-order valence-electron chi connectivity index (χ4n) is 4.54. The Labute approximate surface area is 172 Å². The average Bonchev–Trinajstić information content (AvgIpc) is 3.15. The highest BCUT2D eigenvalue weighted by Gasteiger charge is 2.32. The molecular weight excluding hydrogens is 362 g/mol. The van der Waals surface area contributed by atoms with Gasteiger partial charge in [-0.1, -0.05) is 18.2 Å².